The number of anilines is 1. The first-order valence-corrected chi connectivity index (χ1v) is 4.81. The summed E-state index contributed by atoms with van der Waals surface area (Å²) >= 11 is 0. The lowest BCUT2D eigenvalue weighted by Gasteiger charge is -2.18. The fraction of sp³-hybridized carbons (Fsp3) is 0.455. The predicted octanol–water partition coefficient (Wildman–Crippen LogP) is 1.84. The Morgan fingerprint density at radius 2 is 2.00 bits per heavy atom. The zero-order valence-corrected chi connectivity index (χ0v) is 9.28. The minimum atomic E-state index is -0.296. The fourth-order valence-corrected chi connectivity index (χ4v) is 0.914. The van der Waals surface area contributed by atoms with Crippen molar-refractivity contribution in [2.24, 2.45) is 0 Å². The summed E-state index contributed by atoms with van der Waals surface area (Å²) in [4.78, 5) is 15.3. The van der Waals surface area contributed by atoms with Crippen LogP contribution in [0.2, 0.25) is 0 Å². The van der Waals surface area contributed by atoms with Gasteiger partial charge in [-0.1, -0.05) is 0 Å². The van der Waals surface area contributed by atoms with Gasteiger partial charge in [0.1, 0.15) is 6.61 Å². The Morgan fingerprint density at radius 3 is 2.53 bits per heavy atom. The zero-order chi connectivity index (χ0) is 11.3. The third-order valence-corrected chi connectivity index (χ3v) is 1.60. The van der Waals surface area contributed by atoms with E-state index in [0.29, 0.717) is 0 Å². The highest BCUT2D eigenvalue weighted by molar-refractivity contribution is 5.91. The van der Waals surface area contributed by atoms with Crippen molar-refractivity contribution in [3.63, 3.8) is 0 Å². The van der Waals surface area contributed by atoms with Crippen molar-refractivity contribution < 1.29 is 9.53 Å². The number of nitrogens with one attached hydrogen (secondary N) is 1. The van der Waals surface area contributed by atoms with E-state index in [2.05, 4.69) is 10.3 Å². The van der Waals surface area contributed by atoms with Gasteiger partial charge in [-0.3, -0.25) is 9.78 Å². The SMILES string of the molecule is CC(C)(C)OCC(=O)Nc1ccncc1. The largest absolute Gasteiger partial charge is 0.366 e. The van der Waals surface area contributed by atoms with Crippen LogP contribution in [0.3, 0.4) is 0 Å². The van der Waals surface area contributed by atoms with Gasteiger partial charge in [-0.2, -0.15) is 0 Å². The van der Waals surface area contributed by atoms with Crippen LogP contribution in [-0.4, -0.2) is 23.1 Å². The van der Waals surface area contributed by atoms with Gasteiger partial charge in [-0.15, -0.1) is 0 Å². The van der Waals surface area contributed by atoms with Crippen LogP contribution in [0.15, 0.2) is 24.5 Å². The third kappa shape index (κ3) is 5.12. The van der Waals surface area contributed by atoms with E-state index in [1.54, 1.807) is 24.5 Å². The molecule has 0 unspecified atom stereocenters. The maximum absolute atomic E-state index is 11.4. The van der Waals surface area contributed by atoms with Crippen molar-refractivity contribution in [1.82, 2.24) is 4.98 Å². The van der Waals surface area contributed by atoms with Gasteiger partial charge in [0, 0.05) is 18.1 Å². The van der Waals surface area contributed by atoms with E-state index < -0.39 is 0 Å². The Kier molecular flexibility index (Phi) is 3.80. The summed E-state index contributed by atoms with van der Waals surface area (Å²) in [5, 5.41) is 2.71. The molecule has 1 aromatic rings. The maximum atomic E-state index is 11.4. The van der Waals surface area contributed by atoms with E-state index in [9.17, 15) is 4.79 Å². The number of amides is 1. The Bertz CT molecular complexity index is 317. The van der Waals surface area contributed by atoms with Crippen LogP contribution in [0, 0.1) is 0 Å². The molecule has 0 bridgehead atoms. The highest BCUT2D eigenvalue weighted by atomic mass is 16.5. The lowest BCUT2D eigenvalue weighted by atomic mass is 10.2. The van der Waals surface area contributed by atoms with Gasteiger partial charge in [0.05, 0.1) is 5.60 Å². The number of pyridine rings is 1. The van der Waals surface area contributed by atoms with Gasteiger partial charge in [-0.25, -0.2) is 0 Å². The molecule has 1 N–H and O–H groups in total. The van der Waals surface area contributed by atoms with Gasteiger partial charge in [-0.05, 0) is 32.9 Å². The van der Waals surface area contributed by atoms with Gasteiger partial charge >= 0.3 is 0 Å². The molecule has 0 saturated carbocycles. The highest BCUT2D eigenvalue weighted by Crippen LogP contribution is 2.07. The van der Waals surface area contributed by atoms with Crippen LogP contribution in [0.4, 0.5) is 5.69 Å². The molecule has 1 amide bonds. The van der Waals surface area contributed by atoms with Crippen LogP contribution in [0.5, 0.6) is 0 Å². The summed E-state index contributed by atoms with van der Waals surface area (Å²) in [7, 11) is 0. The van der Waals surface area contributed by atoms with E-state index in [1.807, 2.05) is 20.8 Å². The van der Waals surface area contributed by atoms with E-state index in [-0.39, 0.29) is 18.1 Å². The minimum Gasteiger partial charge on any atom is -0.366 e. The molecule has 0 radical (unpaired) electrons. The number of aromatic nitrogens is 1. The summed E-state index contributed by atoms with van der Waals surface area (Å²) in [6, 6.07) is 3.46. The van der Waals surface area contributed by atoms with Crippen molar-refractivity contribution in [2.75, 3.05) is 11.9 Å². The van der Waals surface area contributed by atoms with E-state index in [0.717, 1.165) is 5.69 Å². The second-order valence-electron chi connectivity index (χ2n) is 4.19. The van der Waals surface area contributed by atoms with E-state index in [1.165, 1.54) is 0 Å². The molecular weight excluding hydrogens is 192 g/mol. The number of nitrogens with zero attached hydrogens (tertiary/aromatic N) is 1. The number of rotatable bonds is 3. The molecule has 0 spiro atoms. The van der Waals surface area contributed by atoms with Crippen LogP contribution in [-0.2, 0) is 9.53 Å². The Balaban J connectivity index is 2.38. The summed E-state index contributed by atoms with van der Waals surface area (Å²) in [5.41, 5.74) is 0.433. The number of hydrogen-bond acceptors (Lipinski definition) is 3. The second kappa shape index (κ2) is 4.89. The normalized spacial score (nSPS) is 11.1. The van der Waals surface area contributed by atoms with Crippen molar-refractivity contribution in [2.45, 2.75) is 26.4 Å². The maximum Gasteiger partial charge on any atom is 0.250 e. The van der Waals surface area contributed by atoms with Crippen LogP contribution in [0.1, 0.15) is 20.8 Å². The smallest absolute Gasteiger partial charge is 0.250 e. The van der Waals surface area contributed by atoms with Gasteiger partial charge in [0.25, 0.3) is 0 Å². The summed E-state index contributed by atoms with van der Waals surface area (Å²) < 4.78 is 5.34. The van der Waals surface area contributed by atoms with Crippen molar-refractivity contribution in [1.29, 1.82) is 0 Å². The molecule has 0 fully saturated rings. The quantitative estimate of drug-likeness (QED) is 0.824. The van der Waals surface area contributed by atoms with Crippen molar-refractivity contribution >= 4 is 11.6 Å². The number of carbonyl (C=O) groups is 1. The predicted molar refractivity (Wildman–Crippen MR) is 58.6 cm³/mol. The lowest BCUT2D eigenvalue weighted by molar-refractivity contribution is -0.125. The van der Waals surface area contributed by atoms with Crippen LogP contribution < -0.4 is 5.32 Å². The summed E-state index contributed by atoms with van der Waals surface area (Å²) in [6.45, 7) is 5.79. The third-order valence-electron chi connectivity index (χ3n) is 1.60. The first-order chi connectivity index (χ1) is 6.97. The molecule has 15 heavy (non-hydrogen) atoms. The first-order valence-electron chi connectivity index (χ1n) is 4.81. The lowest BCUT2D eigenvalue weighted by Crippen LogP contribution is -2.27. The highest BCUT2D eigenvalue weighted by Gasteiger charge is 2.12. The average Bonchev–Trinajstić information content (AvgIpc) is 2.15. The molecule has 0 aromatic carbocycles. The molecule has 4 nitrogen and oxygen atoms in total. The van der Waals surface area contributed by atoms with Gasteiger partial charge in [0.2, 0.25) is 5.91 Å². The first kappa shape index (κ1) is 11.7. The number of hydrogen-bond donors (Lipinski definition) is 1. The van der Waals surface area contributed by atoms with Gasteiger partial charge in [0.15, 0.2) is 0 Å². The van der Waals surface area contributed by atoms with Crippen LogP contribution >= 0.6 is 0 Å². The van der Waals surface area contributed by atoms with Crippen molar-refractivity contribution in [3.8, 4) is 0 Å². The standard InChI is InChI=1S/C11H16N2O2/c1-11(2,3)15-8-10(14)13-9-4-6-12-7-5-9/h4-7H,8H2,1-3H3,(H,12,13,14). The topological polar surface area (TPSA) is 51.2 Å². The molecule has 0 aliphatic rings. The van der Waals surface area contributed by atoms with E-state index >= 15 is 0 Å². The monoisotopic (exact) mass is 208 g/mol. The van der Waals surface area contributed by atoms with Crippen molar-refractivity contribution in [3.05, 3.63) is 24.5 Å². The fourth-order valence-electron chi connectivity index (χ4n) is 0.914. The minimum absolute atomic E-state index is 0.0613. The Labute approximate surface area is 89.7 Å². The average molecular weight is 208 g/mol. The molecule has 0 atom stereocenters. The Morgan fingerprint density at radius 1 is 1.40 bits per heavy atom. The molecular formula is C11H16N2O2. The molecule has 4 heteroatoms. The Hall–Kier alpha value is -1.42. The molecule has 0 aliphatic heterocycles. The molecule has 0 aliphatic carbocycles. The zero-order valence-electron chi connectivity index (χ0n) is 9.28. The van der Waals surface area contributed by atoms with Crippen LogP contribution in [0.25, 0.3) is 0 Å². The summed E-state index contributed by atoms with van der Waals surface area (Å²) in [6.07, 6.45) is 3.25. The number of ether oxygens (including phenoxy) is 1. The molecule has 1 rings (SSSR count). The van der Waals surface area contributed by atoms with Gasteiger partial charge < -0.3 is 10.1 Å². The van der Waals surface area contributed by atoms with E-state index in [4.69, 9.17) is 4.74 Å². The molecule has 82 valence electrons. The molecule has 1 aromatic heterocycles. The summed E-state index contributed by atoms with van der Waals surface area (Å²) in [5.74, 6) is -0.156. The second-order valence-corrected chi connectivity index (χ2v) is 4.19. The molecule has 1 heterocycles. The number of carbonyl (C=O) groups excluding carboxylic acids is 1. The molecule has 0 saturated heterocycles.